The van der Waals surface area contributed by atoms with Crippen molar-refractivity contribution in [2.45, 2.75) is 45.8 Å². The number of ether oxygens (including phenoxy) is 1. The molecule has 0 bridgehead atoms. The van der Waals surface area contributed by atoms with E-state index in [0.29, 0.717) is 11.0 Å². The summed E-state index contributed by atoms with van der Waals surface area (Å²) in [4.78, 5) is 12.3. The van der Waals surface area contributed by atoms with E-state index in [0.717, 1.165) is 35.3 Å². The first-order valence-electron chi connectivity index (χ1n) is 6.76. The molecule has 0 aromatic heterocycles. The summed E-state index contributed by atoms with van der Waals surface area (Å²) in [6.07, 6.45) is 1.63. The molecule has 0 radical (unpaired) electrons. The van der Waals surface area contributed by atoms with Crippen molar-refractivity contribution in [3.63, 3.8) is 0 Å². The lowest BCUT2D eigenvalue weighted by Crippen LogP contribution is -2.37. The molecule has 4 nitrogen and oxygen atoms in total. The van der Waals surface area contributed by atoms with Gasteiger partial charge in [-0.05, 0) is 56.9 Å². The Labute approximate surface area is 124 Å². The van der Waals surface area contributed by atoms with Crippen molar-refractivity contribution < 1.29 is 9.53 Å². The predicted molar refractivity (Wildman–Crippen MR) is 83.1 cm³/mol. The zero-order valence-electron chi connectivity index (χ0n) is 12.0. The number of aryl methyl sites for hydroxylation is 2. The standard InChI is InChI=1S/C15H20N2O2S/c1-8-6-11(14(16)20)7-9(2)13(8)19-10(3)15(18)17-12-4-5-12/h6-7,10,12H,4-5H2,1-3H3,(H2,16,20)(H,17,18). The van der Waals surface area contributed by atoms with Crippen molar-refractivity contribution in [1.82, 2.24) is 5.32 Å². The molecule has 1 unspecified atom stereocenters. The van der Waals surface area contributed by atoms with Gasteiger partial charge in [-0.15, -0.1) is 0 Å². The molecule has 1 aliphatic carbocycles. The van der Waals surface area contributed by atoms with E-state index in [-0.39, 0.29) is 5.91 Å². The Hall–Kier alpha value is -1.62. The minimum atomic E-state index is -0.510. The second kappa shape index (κ2) is 5.79. The van der Waals surface area contributed by atoms with E-state index in [2.05, 4.69) is 5.32 Å². The summed E-state index contributed by atoms with van der Waals surface area (Å²) in [5, 5.41) is 2.94. The third-order valence-electron chi connectivity index (χ3n) is 3.33. The predicted octanol–water partition coefficient (Wildman–Crippen LogP) is 1.98. The van der Waals surface area contributed by atoms with Crippen LogP contribution in [0.15, 0.2) is 12.1 Å². The summed E-state index contributed by atoms with van der Waals surface area (Å²) in [6.45, 7) is 5.61. The fraction of sp³-hybridized carbons (Fsp3) is 0.467. The lowest BCUT2D eigenvalue weighted by molar-refractivity contribution is -0.127. The third-order valence-corrected chi connectivity index (χ3v) is 3.57. The van der Waals surface area contributed by atoms with Crippen LogP contribution in [-0.2, 0) is 4.79 Å². The number of carbonyl (C=O) groups excluding carboxylic acids is 1. The number of hydrogen-bond acceptors (Lipinski definition) is 3. The van der Waals surface area contributed by atoms with E-state index in [9.17, 15) is 4.79 Å². The molecule has 1 saturated carbocycles. The second-order valence-electron chi connectivity index (χ2n) is 5.35. The van der Waals surface area contributed by atoms with Gasteiger partial charge in [0, 0.05) is 11.6 Å². The Morgan fingerprint density at radius 3 is 2.40 bits per heavy atom. The maximum atomic E-state index is 11.9. The van der Waals surface area contributed by atoms with Crippen LogP contribution in [0, 0.1) is 13.8 Å². The van der Waals surface area contributed by atoms with Gasteiger partial charge in [-0.1, -0.05) is 12.2 Å². The van der Waals surface area contributed by atoms with Crippen molar-refractivity contribution in [1.29, 1.82) is 0 Å². The molecule has 1 atom stereocenters. The first kappa shape index (κ1) is 14.8. The third kappa shape index (κ3) is 3.48. The van der Waals surface area contributed by atoms with E-state index in [1.54, 1.807) is 6.92 Å². The highest BCUT2D eigenvalue weighted by Crippen LogP contribution is 2.26. The van der Waals surface area contributed by atoms with Gasteiger partial charge in [-0.25, -0.2) is 0 Å². The van der Waals surface area contributed by atoms with E-state index >= 15 is 0 Å². The number of rotatable bonds is 5. The molecular weight excluding hydrogens is 272 g/mol. The fourth-order valence-corrected chi connectivity index (χ4v) is 2.17. The van der Waals surface area contributed by atoms with Crippen LogP contribution in [0.25, 0.3) is 0 Å². The van der Waals surface area contributed by atoms with Crippen LogP contribution in [-0.4, -0.2) is 23.0 Å². The quantitative estimate of drug-likeness (QED) is 0.815. The highest BCUT2D eigenvalue weighted by Gasteiger charge is 2.26. The lowest BCUT2D eigenvalue weighted by Gasteiger charge is -2.18. The van der Waals surface area contributed by atoms with Gasteiger partial charge in [0.15, 0.2) is 6.10 Å². The molecule has 1 aliphatic rings. The van der Waals surface area contributed by atoms with Gasteiger partial charge < -0.3 is 15.8 Å². The normalized spacial score (nSPS) is 15.6. The van der Waals surface area contributed by atoms with Crippen LogP contribution in [0.1, 0.15) is 36.5 Å². The summed E-state index contributed by atoms with van der Waals surface area (Å²) in [6, 6.07) is 4.11. The minimum absolute atomic E-state index is 0.0651. The van der Waals surface area contributed by atoms with Crippen LogP contribution < -0.4 is 15.8 Å². The van der Waals surface area contributed by atoms with Crippen LogP contribution in [0.2, 0.25) is 0 Å². The molecule has 1 fully saturated rings. The van der Waals surface area contributed by atoms with Crippen LogP contribution in [0.4, 0.5) is 0 Å². The van der Waals surface area contributed by atoms with E-state index < -0.39 is 6.10 Å². The van der Waals surface area contributed by atoms with Crippen molar-refractivity contribution in [3.8, 4) is 5.75 Å². The SMILES string of the molecule is Cc1cc(C(N)=S)cc(C)c1OC(C)C(=O)NC1CC1. The minimum Gasteiger partial charge on any atom is -0.480 e. The molecular formula is C15H20N2O2S. The zero-order chi connectivity index (χ0) is 14.9. The molecule has 108 valence electrons. The number of carbonyl (C=O) groups is 1. The van der Waals surface area contributed by atoms with E-state index in [1.165, 1.54) is 0 Å². The van der Waals surface area contributed by atoms with Gasteiger partial charge in [0.05, 0.1) is 0 Å². The highest BCUT2D eigenvalue weighted by molar-refractivity contribution is 7.80. The Balaban J connectivity index is 2.11. The summed E-state index contributed by atoms with van der Waals surface area (Å²) in [5.41, 5.74) is 8.32. The number of amides is 1. The monoisotopic (exact) mass is 292 g/mol. The molecule has 1 aromatic carbocycles. The van der Waals surface area contributed by atoms with Crippen molar-refractivity contribution >= 4 is 23.1 Å². The molecule has 3 N–H and O–H groups in total. The molecule has 1 amide bonds. The topological polar surface area (TPSA) is 64.3 Å². The first-order valence-corrected chi connectivity index (χ1v) is 7.17. The van der Waals surface area contributed by atoms with Crippen molar-refractivity contribution in [2.24, 2.45) is 5.73 Å². The Morgan fingerprint density at radius 2 is 1.95 bits per heavy atom. The van der Waals surface area contributed by atoms with E-state index in [1.807, 2.05) is 26.0 Å². The molecule has 0 aliphatic heterocycles. The van der Waals surface area contributed by atoms with Crippen LogP contribution in [0.3, 0.4) is 0 Å². The van der Waals surface area contributed by atoms with Crippen molar-refractivity contribution in [3.05, 3.63) is 28.8 Å². The summed E-state index contributed by atoms with van der Waals surface area (Å²) >= 11 is 4.98. The summed E-state index contributed by atoms with van der Waals surface area (Å²) in [5.74, 6) is 0.660. The molecule has 5 heteroatoms. The largest absolute Gasteiger partial charge is 0.480 e. The summed E-state index contributed by atoms with van der Waals surface area (Å²) < 4.78 is 5.80. The maximum Gasteiger partial charge on any atom is 0.260 e. The molecule has 0 heterocycles. The highest BCUT2D eigenvalue weighted by atomic mass is 32.1. The molecule has 0 spiro atoms. The first-order chi connectivity index (χ1) is 9.38. The number of benzene rings is 1. The maximum absolute atomic E-state index is 11.9. The molecule has 20 heavy (non-hydrogen) atoms. The van der Waals surface area contributed by atoms with Gasteiger partial charge >= 0.3 is 0 Å². The number of nitrogens with one attached hydrogen (secondary N) is 1. The number of hydrogen-bond donors (Lipinski definition) is 2. The Morgan fingerprint density at radius 1 is 1.40 bits per heavy atom. The zero-order valence-corrected chi connectivity index (χ0v) is 12.8. The van der Waals surface area contributed by atoms with Crippen LogP contribution in [0.5, 0.6) is 5.75 Å². The van der Waals surface area contributed by atoms with Gasteiger partial charge in [0.2, 0.25) is 0 Å². The number of thiocarbonyl (C=S) groups is 1. The van der Waals surface area contributed by atoms with Gasteiger partial charge in [0.1, 0.15) is 10.7 Å². The Kier molecular flexibility index (Phi) is 4.28. The Bertz CT molecular complexity index is 530. The van der Waals surface area contributed by atoms with Crippen LogP contribution >= 0.6 is 12.2 Å². The number of nitrogens with two attached hydrogens (primary N) is 1. The average molecular weight is 292 g/mol. The molecule has 1 aromatic rings. The second-order valence-corrected chi connectivity index (χ2v) is 5.79. The van der Waals surface area contributed by atoms with Crippen molar-refractivity contribution in [2.75, 3.05) is 0 Å². The van der Waals surface area contributed by atoms with Gasteiger partial charge in [-0.3, -0.25) is 4.79 Å². The van der Waals surface area contributed by atoms with Gasteiger partial charge in [0.25, 0.3) is 5.91 Å². The smallest absolute Gasteiger partial charge is 0.260 e. The van der Waals surface area contributed by atoms with Gasteiger partial charge in [-0.2, -0.15) is 0 Å². The summed E-state index contributed by atoms with van der Waals surface area (Å²) in [7, 11) is 0. The van der Waals surface area contributed by atoms with E-state index in [4.69, 9.17) is 22.7 Å². The average Bonchev–Trinajstić information content (AvgIpc) is 3.16. The fourth-order valence-electron chi connectivity index (χ4n) is 2.05. The lowest BCUT2D eigenvalue weighted by atomic mass is 10.1. The molecule has 2 rings (SSSR count). The molecule has 0 saturated heterocycles.